The number of hydrogen-bond acceptors (Lipinski definition) is 2. The molecule has 5 rings (SSSR count). The topological polar surface area (TPSA) is 26.3 Å². The second-order valence-electron chi connectivity index (χ2n) is 6.52. The number of carbonyl (C=O) groups excluding carboxylic acids is 1. The fourth-order valence-electron chi connectivity index (χ4n) is 4.95. The summed E-state index contributed by atoms with van der Waals surface area (Å²) in [6.45, 7) is 1.53. The van der Waals surface area contributed by atoms with E-state index in [4.69, 9.17) is 4.74 Å². The summed E-state index contributed by atoms with van der Waals surface area (Å²) in [4.78, 5) is 11.8. The van der Waals surface area contributed by atoms with Gasteiger partial charge in [-0.25, -0.2) is 0 Å². The molecule has 0 N–H and O–H groups in total. The minimum Gasteiger partial charge on any atom is -0.454 e. The van der Waals surface area contributed by atoms with Crippen molar-refractivity contribution in [1.29, 1.82) is 0 Å². The van der Waals surface area contributed by atoms with E-state index < -0.39 is 5.60 Å². The molecule has 2 nitrogen and oxygen atoms in total. The lowest BCUT2D eigenvalue weighted by atomic mass is 9.75. The Morgan fingerprint density at radius 3 is 2.52 bits per heavy atom. The van der Waals surface area contributed by atoms with Crippen LogP contribution < -0.4 is 0 Å². The molecule has 1 saturated carbocycles. The Morgan fingerprint density at radius 1 is 1.05 bits per heavy atom. The summed E-state index contributed by atoms with van der Waals surface area (Å²) in [5, 5.41) is 0. The maximum atomic E-state index is 11.8. The van der Waals surface area contributed by atoms with Crippen LogP contribution in [-0.2, 0) is 21.6 Å². The lowest BCUT2D eigenvalue weighted by molar-refractivity contribution is -0.161. The minimum atomic E-state index is -0.424. The molecule has 0 spiro atoms. The molecule has 0 saturated heterocycles. The Balaban J connectivity index is 1.76. The van der Waals surface area contributed by atoms with Gasteiger partial charge < -0.3 is 4.74 Å². The first-order valence-electron chi connectivity index (χ1n) is 7.59. The van der Waals surface area contributed by atoms with E-state index in [-0.39, 0.29) is 5.97 Å². The van der Waals surface area contributed by atoms with E-state index in [1.807, 2.05) is 0 Å². The average Bonchev–Trinajstić information content (AvgIpc) is 3.17. The molecular weight excluding hydrogens is 260 g/mol. The molecule has 0 aliphatic heterocycles. The molecule has 104 valence electrons. The molecule has 3 aliphatic carbocycles. The Kier molecular flexibility index (Phi) is 1.96. The van der Waals surface area contributed by atoms with Gasteiger partial charge in [-0.05, 0) is 34.1 Å². The molecular formula is C19H16O2. The van der Waals surface area contributed by atoms with Gasteiger partial charge in [0.25, 0.3) is 0 Å². The molecule has 0 unspecified atom stereocenters. The SMILES string of the molecule is CC(=O)O[C@@]12Cc3ccccc3[C@H]3[C@@H](c4ccccc41)[C@@H]32. The van der Waals surface area contributed by atoms with Crippen LogP contribution in [0.2, 0.25) is 0 Å². The van der Waals surface area contributed by atoms with Gasteiger partial charge in [0, 0.05) is 19.3 Å². The lowest BCUT2D eigenvalue weighted by Crippen LogP contribution is -2.38. The van der Waals surface area contributed by atoms with Crippen LogP contribution in [0.1, 0.15) is 41.0 Å². The van der Waals surface area contributed by atoms with Gasteiger partial charge in [0.15, 0.2) is 0 Å². The van der Waals surface area contributed by atoms with Crippen molar-refractivity contribution in [3.05, 3.63) is 70.8 Å². The molecule has 0 amide bonds. The fraction of sp³-hybridized carbons (Fsp3) is 0.316. The fourth-order valence-corrected chi connectivity index (χ4v) is 4.95. The third-order valence-electron chi connectivity index (χ3n) is 5.53. The van der Waals surface area contributed by atoms with Gasteiger partial charge in [-0.1, -0.05) is 48.5 Å². The highest BCUT2D eigenvalue weighted by Crippen LogP contribution is 2.76. The highest BCUT2D eigenvalue weighted by molar-refractivity contribution is 5.69. The molecule has 4 atom stereocenters. The first-order chi connectivity index (χ1) is 10.2. The van der Waals surface area contributed by atoms with Crippen LogP contribution in [-0.4, -0.2) is 5.97 Å². The van der Waals surface area contributed by atoms with Crippen molar-refractivity contribution in [1.82, 2.24) is 0 Å². The van der Waals surface area contributed by atoms with Crippen LogP contribution in [0.3, 0.4) is 0 Å². The van der Waals surface area contributed by atoms with Crippen molar-refractivity contribution >= 4 is 5.97 Å². The number of rotatable bonds is 1. The zero-order chi connectivity index (χ0) is 14.2. The van der Waals surface area contributed by atoms with Gasteiger partial charge in [0.05, 0.1) is 0 Å². The smallest absolute Gasteiger partial charge is 0.303 e. The molecule has 0 aromatic heterocycles. The standard InChI is InChI=1S/C19H16O2/c1-11(20)21-19-10-12-6-2-3-7-13(12)16-17(18(16)19)14-8-4-5-9-15(14)19/h2-9,16-18H,10H2,1H3/t16-,17+,18+,19-/m0/s1. The molecule has 0 heterocycles. The molecule has 2 heteroatoms. The van der Waals surface area contributed by atoms with Crippen LogP contribution in [0.5, 0.6) is 0 Å². The first-order valence-corrected chi connectivity index (χ1v) is 7.59. The summed E-state index contributed by atoms with van der Waals surface area (Å²) in [7, 11) is 0. The highest BCUT2D eigenvalue weighted by atomic mass is 16.6. The highest BCUT2D eigenvalue weighted by Gasteiger charge is 2.72. The maximum Gasteiger partial charge on any atom is 0.303 e. The average molecular weight is 276 g/mol. The third-order valence-corrected chi connectivity index (χ3v) is 5.53. The van der Waals surface area contributed by atoms with Crippen molar-refractivity contribution in [2.45, 2.75) is 30.8 Å². The van der Waals surface area contributed by atoms with E-state index in [1.54, 1.807) is 0 Å². The zero-order valence-electron chi connectivity index (χ0n) is 11.9. The van der Waals surface area contributed by atoms with Crippen LogP contribution >= 0.6 is 0 Å². The Hall–Kier alpha value is -2.09. The van der Waals surface area contributed by atoms with Gasteiger partial charge >= 0.3 is 5.97 Å². The largest absolute Gasteiger partial charge is 0.454 e. The number of fused-ring (bicyclic) bond motifs is 6. The van der Waals surface area contributed by atoms with Gasteiger partial charge in [-0.2, -0.15) is 0 Å². The second kappa shape index (κ2) is 3.56. The lowest BCUT2D eigenvalue weighted by Gasteiger charge is -2.37. The molecule has 3 aliphatic rings. The second-order valence-corrected chi connectivity index (χ2v) is 6.52. The van der Waals surface area contributed by atoms with Gasteiger partial charge in [0.1, 0.15) is 5.60 Å². The number of carbonyl (C=O) groups is 1. The molecule has 21 heavy (non-hydrogen) atoms. The Labute approximate surface area is 123 Å². The van der Waals surface area contributed by atoms with Gasteiger partial charge in [0.2, 0.25) is 0 Å². The van der Waals surface area contributed by atoms with E-state index >= 15 is 0 Å². The van der Waals surface area contributed by atoms with Crippen LogP contribution in [0.4, 0.5) is 0 Å². The summed E-state index contributed by atoms with van der Waals surface area (Å²) >= 11 is 0. The molecule has 1 fully saturated rings. The Bertz CT molecular complexity index is 779. The summed E-state index contributed by atoms with van der Waals surface area (Å²) in [5.74, 6) is 1.33. The molecule has 0 radical (unpaired) electrons. The van der Waals surface area contributed by atoms with E-state index in [9.17, 15) is 4.79 Å². The van der Waals surface area contributed by atoms with Gasteiger partial charge in [-0.15, -0.1) is 0 Å². The third kappa shape index (κ3) is 1.26. The predicted octanol–water partition coefficient (Wildman–Crippen LogP) is 3.51. The Morgan fingerprint density at radius 2 is 1.71 bits per heavy atom. The summed E-state index contributed by atoms with van der Waals surface area (Å²) in [6.07, 6.45) is 0.817. The minimum absolute atomic E-state index is 0.171. The van der Waals surface area contributed by atoms with E-state index in [2.05, 4.69) is 48.5 Å². The van der Waals surface area contributed by atoms with E-state index in [0.717, 1.165) is 6.42 Å². The number of benzene rings is 2. The first kappa shape index (κ1) is 11.6. The quantitative estimate of drug-likeness (QED) is 0.745. The van der Waals surface area contributed by atoms with Crippen LogP contribution in [0.25, 0.3) is 0 Å². The number of hydrogen-bond donors (Lipinski definition) is 0. The van der Waals surface area contributed by atoms with Gasteiger partial charge in [-0.3, -0.25) is 4.79 Å². The monoisotopic (exact) mass is 276 g/mol. The summed E-state index contributed by atoms with van der Waals surface area (Å²) < 4.78 is 5.97. The molecule has 0 bridgehead atoms. The zero-order valence-corrected chi connectivity index (χ0v) is 11.9. The number of esters is 1. The molecule has 2 aromatic rings. The molecule has 2 aromatic carbocycles. The van der Waals surface area contributed by atoms with Crippen LogP contribution in [0, 0.1) is 5.92 Å². The maximum absolute atomic E-state index is 11.8. The summed E-state index contributed by atoms with van der Waals surface area (Å²) in [5.41, 5.74) is 5.01. The van der Waals surface area contributed by atoms with Crippen molar-refractivity contribution in [2.24, 2.45) is 5.92 Å². The van der Waals surface area contributed by atoms with E-state index in [1.165, 1.54) is 29.2 Å². The number of ether oxygens (including phenoxy) is 1. The normalized spacial score (nSPS) is 33.7. The van der Waals surface area contributed by atoms with E-state index in [0.29, 0.717) is 17.8 Å². The van der Waals surface area contributed by atoms with Crippen LogP contribution in [0.15, 0.2) is 48.5 Å². The van der Waals surface area contributed by atoms with Crippen molar-refractivity contribution in [2.75, 3.05) is 0 Å². The summed E-state index contributed by atoms with van der Waals surface area (Å²) in [6, 6.07) is 17.2. The van der Waals surface area contributed by atoms with Crippen molar-refractivity contribution in [3.8, 4) is 0 Å². The van der Waals surface area contributed by atoms with Crippen molar-refractivity contribution < 1.29 is 9.53 Å². The van der Waals surface area contributed by atoms with Crippen molar-refractivity contribution in [3.63, 3.8) is 0 Å². The predicted molar refractivity (Wildman–Crippen MR) is 79.0 cm³/mol.